The first-order valence-corrected chi connectivity index (χ1v) is 6.00. The van der Waals surface area contributed by atoms with E-state index >= 15 is 0 Å². The second-order valence-corrected chi connectivity index (χ2v) is 5.39. The van der Waals surface area contributed by atoms with Crippen LogP contribution in [0.3, 0.4) is 0 Å². The van der Waals surface area contributed by atoms with Gasteiger partial charge in [0, 0.05) is 16.7 Å². The molecule has 0 bridgehead atoms. The number of hydrogen-bond acceptors (Lipinski definition) is 5. The Morgan fingerprint density at radius 2 is 2.00 bits per heavy atom. The van der Waals surface area contributed by atoms with Crippen molar-refractivity contribution in [2.75, 3.05) is 0 Å². The lowest BCUT2D eigenvalue weighted by molar-refractivity contribution is -0.387. The maximum absolute atomic E-state index is 10.8. The molecule has 0 saturated carbocycles. The number of rotatable bonds is 2. The second kappa shape index (κ2) is 3.76. The zero-order valence-electron chi connectivity index (χ0n) is 6.55. The minimum atomic E-state index is -3.94. The lowest BCUT2D eigenvalue weighted by Crippen LogP contribution is -1.95. The molecule has 0 heterocycles. The Kier molecular flexibility index (Phi) is 3.03. The number of nitro benzene ring substituents is 1. The molecule has 0 fully saturated rings. The minimum Gasteiger partial charge on any atom is -0.258 e. The van der Waals surface area contributed by atoms with Crippen molar-refractivity contribution in [3.63, 3.8) is 0 Å². The highest BCUT2D eigenvalue weighted by molar-refractivity contribution is 8.13. The van der Waals surface area contributed by atoms with Gasteiger partial charge in [0.05, 0.1) is 14.7 Å². The number of benzene rings is 1. The molecule has 1 aromatic carbocycles. The largest absolute Gasteiger partial charge is 0.283 e. The van der Waals surface area contributed by atoms with E-state index in [-0.39, 0.29) is 9.79 Å². The highest BCUT2D eigenvalue weighted by atomic mass is 35.7. The van der Waals surface area contributed by atoms with Gasteiger partial charge in [-0.25, -0.2) is 8.42 Å². The van der Waals surface area contributed by atoms with Crippen LogP contribution in [0.1, 0.15) is 0 Å². The third-order valence-corrected chi connectivity index (χ3v) is 3.15. The van der Waals surface area contributed by atoms with Crippen molar-refractivity contribution >= 4 is 38.0 Å². The van der Waals surface area contributed by atoms with Crippen molar-refractivity contribution in [1.29, 1.82) is 0 Å². The summed E-state index contributed by atoms with van der Waals surface area (Å²) in [5.74, 6) is 0. The Labute approximate surface area is 89.7 Å². The summed E-state index contributed by atoms with van der Waals surface area (Å²) in [5, 5.41) is 10.4. The van der Waals surface area contributed by atoms with E-state index in [1.54, 1.807) is 0 Å². The van der Waals surface area contributed by atoms with Crippen molar-refractivity contribution < 1.29 is 13.3 Å². The molecule has 0 aromatic heterocycles. The van der Waals surface area contributed by atoms with Gasteiger partial charge in [-0.2, -0.15) is 0 Å². The van der Waals surface area contributed by atoms with E-state index < -0.39 is 19.7 Å². The normalized spacial score (nSPS) is 11.3. The summed E-state index contributed by atoms with van der Waals surface area (Å²) in [6, 6.07) is 3.22. The van der Waals surface area contributed by atoms with Crippen molar-refractivity contribution in [3.05, 3.63) is 28.3 Å². The fraction of sp³-hybridized carbons (Fsp3) is 0. The lowest BCUT2D eigenvalue weighted by atomic mass is 10.3. The minimum absolute atomic E-state index is 0.0825. The summed E-state index contributed by atoms with van der Waals surface area (Å²) in [6.45, 7) is 0. The van der Waals surface area contributed by atoms with Crippen LogP contribution in [0, 0.1) is 10.1 Å². The number of thiol groups is 1. The Morgan fingerprint density at radius 3 is 2.43 bits per heavy atom. The predicted molar refractivity (Wildman–Crippen MR) is 53.4 cm³/mol. The van der Waals surface area contributed by atoms with Crippen LogP contribution in [0.2, 0.25) is 0 Å². The first-order valence-electron chi connectivity index (χ1n) is 3.24. The first-order chi connectivity index (χ1) is 6.32. The van der Waals surface area contributed by atoms with E-state index in [0.29, 0.717) is 0 Å². The van der Waals surface area contributed by atoms with Gasteiger partial charge in [0.25, 0.3) is 14.7 Å². The number of hydrogen-bond donors (Lipinski definition) is 1. The molecule has 0 radical (unpaired) electrons. The average molecular weight is 254 g/mol. The standard InChI is InChI=1S/C6H4ClNO4S2/c7-14(11,12)4-1-2-6(13)5(3-4)8(9)10/h1-3,13H. The Bertz CT molecular complexity index is 485. The van der Waals surface area contributed by atoms with Gasteiger partial charge in [0.15, 0.2) is 0 Å². The van der Waals surface area contributed by atoms with Gasteiger partial charge in [-0.3, -0.25) is 10.1 Å². The van der Waals surface area contributed by atoms with Crippen LogP contribution in [0.5, 0.6) is 0 Å². The molecule has 0 amide bonds. The Balaban J connectivity index is 3.42. The number of halogens is 1. The SMILES string of the molecule is O=[N+]([O-])c1cc(S(=O)(=O)Cl)ccc1S. The average Bonchev–Trinajstić information content (AvgIpc) is 2.02. The molecule has 14 heavy (non-hydrogen) atoms. The molecule has 76 valence electrons. The fourth-order valence-electron chi connectivity index (χ4n) is 0.801. The molecule has 1 aromatic rings. The van der Waals surface area contributed by atoms with E-state index in [1.807, 2.05) is 0 Å². The molecule has 1 rings (SSSR count). The summed E-state index contributed by atoms with van der Waals surface area (Å²) < 4.78 is 21.7. The van der Waals surface area contributed by atoms with Crippen LogP contribution in [-0.4, -0.2) is 13.3 Å². The summed E-state index contributed by atoms with van der Waals surface area (Å²) in [4.78, 5) is 9.46. The summed E-state index contributed by atoms with van der Waals surface area (Å²) in [7, 11) is 1.07. The maximum Gasteiger partial charge on any atom is 0.283 e. The molecule has 0 saturated heterocycles. The van der Waals surface area contributed by atoms with E-state index in [9.17, 15) is 18.5 Å². The molecule has 5 nitrogen and oxygen atoms in total. The first kappa shape index (κ1) is 11.3. The third kappa shape index (κ3) is 2.37. The van der Waals surface area contributed by atoms with Crippen molar-refractivity contribution in [2.45, 2.75) is 9.79 Å². The lowest BCUT2D eigenvalue weighted by Gasteiger charge is -1.98. The van der Waals surface area contributed by atoms with Crippen LogP contribution in [-0.2, 0) is 9.05 Å². The molecule has 0 N–H and O–H groups in total. The van der Waals surface area contributed by atoms with Crippen LogP contribution in [0.25, 0.3) is 0 Å². The van der Waals surface area contributed by atoms with E-state index in [2.05, 4.69) is 12.6 Å². The molecule has 0 spiro atoms. The van der Waals surface area contributed by atoms with Gasteiger partial charge < -0.3 is 0 Å². The molecular weight excluding hydrogens is 250 g/mol. The Hall–Kier alpha value is -0.790. The van der Waals surface area contributed by atoms with Crippen molar-refractivity contribution in [2.24, 2.45) is 0 Å². The zero-order valence-corrected chi connectivity index (χ0v) is 9.01. The van der Waals surface area contributed by atoms with Gasteiger partial charge in [0.1, 0.15) is 0 Å². The van der Waals surface area contributed by atoms with Crippen LogP contribution in [0.15, 0.2) is 28.0 Å². The summed E-state index contributed by atoms with van der Waals surface area (Å²) >= 11 is 3.80. The van der Waals surface area contributed by atoms with E-state index in [1.165, 1.54) is 6.07 Å². The molecule has 0 unspecified atom stereocenters. The van der Waals surface area contributed by atoms with E-state index in [4.69, 9.17) is 10.7 Å². The smallest absolute Gasteiger partial charge is 0.258 e. The second-order valence-electron chi connectivity index (χ2n) is 2.35. The van der Waals surface area contributed by atoms with Gasteiger partial charge >= 0.3 is 0 Å². The van der Waals surface area contributed by atoms with Gasteiger partial charge in [-0.15, -0.1) is 12.6 Å². The molecule has 8 heteroatoms. The molecule has 0 atom stereocenters. The predicted octanol–water partition coefficient (Wildman–Crippen LogP) is 1.81. The number of nitrogens with zero attached hydrogens (tertiary/aromatic N) is 1. The molecular formula is C6H4ClNO4S2. The van der Waals surface area contributed by atoms with Gasteiger partial charge in [-0.05, 0) is 12.1 Å². The quantitative estimate of drug-likeness (QED) is 0.377. The summed E-state index contributed by atoms with van der Waals surface area (Å²) in [6.07, 6.45) is 0. The van der Waals surface area contributed by atoms with Gasteiger partial charge in [0.2, 0.25) is 0 Å². The van der Waals surface area contributed by atoms with Crippen molar-refractivity contribution in [1.82, 2.24) is 0 Å². The number of nitro groups is 1. The third-order valence-electron chi connectivity index (χ3n) is 1.43. The highest BCUT2D eigenvalue weighted by Crippen LogP contribution is 2.27. The van der Waals surface area contributed by atoms with Crippen molar-refractivity contribution in [3.8, 4) is 0 Å². The van der Waals surface area contributed by atoms with Gasteiger partial charge in [-0.1, -0.05) is 0 Å². The molecule has 0 aliphatic heterocycles. The van der Waals surface area contributed by atoms with Crippen LogP contribution >= 0.6 is 23.3 Å². The Morgan fingerprint density at radius 1 is 1.43 bits per heavy atom. The van der Waals surface area contributed by atoms with E-state index in [0.717, 1.165) is 12.1 Å². The monoisotopic (exact) mass is 253 g/mol. The topological polar surface area (TPSA) is 77.3 Å². The van der Waals surface area contributed by atoms with Crippen LogP contribution < -0.4 is 0 Å². The molecule has 0 aliphatic rings. The fourth-order valence-corrected chi connectivity index (χ4v) is 1.79. The zero-order chi connectivity index (χ0) is 10.9. The summed E-state index contributed by atoms with van der Waals surface area (Å²) in [5.41, 5.74) is -0.393. The maximum atomic E-state index is 10.8. The van der Waals surface area contributed by atoms with Crippen LogP contribution in [0.4, 0.5) is 5.69 Å². The molecule has 0 aliphatic carbocycles. The highest BCUT2D eigenvalue weighted by Gasteiger charge is 2.17.